The van der Waals surface area contributed by atoms with Gasteiger partial charge in [0.25, 0.3) is 5.91 Å². The van der Waals surface area contributed by atoms with Gasteiger partial charge >= 0.3 is 0 Å². The van der Waals surface area contributed by atoms with Gasteiger partial charge in [0.2, 0.25) is 0 Å². The third-order valence-electron chi connectivity index (χ3n) is 2.84. The number of rotatable bonds is 1. The fourth-order valence-corrected chi connectivity index (χ4v) is 1.97. The second-order valence-corrected chi connectivity index (χ2v) is 4.12. The second kappa shape index (κ2) is 5.37. The average Bonchev–Trinajstić information content (AvgIpc) is 2.63. The molecule has 1 fully saturated rings. The van der Waals surface area contributed by atoms with Crippen LogP contribution in [0.25, 0.3) is 0 Å². The summed E-state index contributed by atoms with van der Waals surface area (Å²) in [5.41, 5.74) is 1.75. The number of hydrogen-bond acceptors (Lipinski definition) is 2. The van der Waals surface area contributed by atoms with Crippen molar-refractivity contribution < 1.29 is 4.79 Å². The maximum absolute atomic E-state index is 12.1. The highest BCUT2D eigenvalue weighted by molar-refractivity contribution is 5.95. The SMILES string of the molecule is Cc1[nH]ccc1C(=O)N1CCN[C@H](C)C1.Cl. The van der Waals surface area contributed by atoms with Crippen molar-refractivity contribution in [3.63, 3.8) is 0 Å². The molecule has 1 aromatic heterocycles. The molecule has 0 radical (unpaired) electrons. The van der Waals surface area contributed by atoms with E-state index in [4.69, 9.17) is 0 Å². The predicted molar refractivity (Wildman–Crippen MR) is 66.1 cm³/mol. The molecule has 16 heavy (non-hydrogen) atoms. The summed E-state index contributed by atoms with van der Waals surface area (Å²) in [4.78, 5) is 17.1. The number of carbonyl (C=O) groups is 1. The van der Waals surface area contributed by atoms with Crippen LogP contribution >= 0.6 is 12.4 Å². The highest BCUT2D eigenvalue weighted by Gasteiger charge is 2.22. The van der Waals surface area contributed by atoms with E-state index in [9.17, 15) is 4.79 Å². The number of nitrogens with zero attached hydrogens (tertiary/aromatic N) is 1. The molecule has 2 heterocycles. The van der Waals surface area contributed by atoms with Gasteiger partial charge in [0, 0.05) is 37.6 Å². The van der Waals surface area contributed by atoms with Crippen molar-refractivity contribution in [1.29, 1.82) is 0 Å². The average molecular weight is 244 g/mol. The quantitative estimate of drug-likeness (QED) is 0.778. The van der Waals surface area contributed by atoms with Crippen molar-refractivity contribution >= 4 is 18.3 Å². The normalized spacial score (nSPS) is 20.4. The van der Waals surface area contributed by atoms with Crippen LogP contribution in [0.5, 0.6) is 0 Å². The van der Waals surface area contributed by atoms with E-state index >= 15 is 0 Å². The van der Waals surface area contributed by atoms with Crippen molar-refractivity contribution in [2.45, 2.75) is 19.9 Å². The molecule has 1 saturated heterocycles. The van der Waals surface area contributed by atoms with E-state index in [1.165, 1.54) is 0 Å². The van der Waals surface area contributed by atoms with Crippen molar-refractivity contribution in [3.05, 3.63) is 23.5 Å². The van der Waals surface area contributed by atoms with E-state index in [1.807, 2.05) is 24.1 Å². The minimum absolute atomic E-state index is 0. The molecule has 2 N–H and O–H groups in total. The summed E-state index contributed by atoms with van der Waals surface area (Å²) in [7, 11) is 0. The Bertz CT molecular complexity index is 364. The Labute approximate surface area is 102 Å². The summed E-state index contributed by atoms with van der Waals surface area (Å²) in [6.45, 7) is 6.51. The van der Waals surface area contributed by atoms with Gasteiger partial charge in [0.15, 0.2) is 0 Å². The summed E-state index contributed by atoms with van der Waals surface area (Å²) < 4.78 is 0. The molecule has 1 atom stereocenters. The van der Waals surface area contributed by atoms with Crippen LogP contribution in [0.4, 0.5) is 0 Å². The standard InChI is InChI=1S/C11H17N3O.ClH/c1-8-7-14(6-5-12-8)11(15)10-3-4-13-9(10)2;/h3-4,8,12-13H,5-7H2,1-2H3;1H/t8-;/m1./s1. The molecule has 90 valence electrons. The first kappa shape index (κ1) is 13.1. The van der Waals surface area contributed by atoms with Crippen LogP contribution in [0.3, 0.4) is 0 Å². The first-order valence-electron chi connectivity index (χ1n) is 5.35. The minimum atomic E-state index is 0. The summed E-state index contributed by atoms with van der Waals surface area (Å²) in [5.74, 6) is 0.141. The zero-order valence-corrected chi connectivity index (χ0v) is 10.4. The third-order valence-corrected chi connectivity index (χ3v) is 2.84. The Morgan fingerprint density at radius 1 is 1.56 bits per heavy atom. The second-order valence-electron chi connectivity index (χ2n) is 4.12. The zero-order valence-electron chi connectivity index (χ0n) is 9.62. The molecule has 1 amide bonds. The molecular weight excluding hydrogens is 226 g/mol. The maximum atomic E-state index is 12.1. The van der Waals surface area contributed by atoms with Crippen LogP contribution in [0.1, 0.15) is 23.0 Å². The number of carbonyl (C=O) groups excluding carboxylic acids is 1. The minimum Gasteiger partial charge on any atom is -0.365 e. The molecular formula is C11H18ClN3O. The summed E-state index contributed by atoms with van der Waals surface area (Å²) >= 11 is 0. The molecule has 2 rings (SSSR count). The van der Waals surface area contributed by atoms with Crippen molar-refractivity contribution in [2.24, 2.45) is 0 Å². The Balaban J connectivity index is 0.00000128. The number of amides is 1. The molecule has 0 aromatic carbocycles. The van der Waals surface area contributed by atoms with Crippen LogP contribution in [0.2, 0.25) is 0 Å². The Morgan fingerprint density at radius 2 is 2.31 bits per heavy atom. The molecule has 1 aliphatic rings. The number of aromatic amines is 1. The molecule has 1 aromatic rings. The van der Waals surface area contributed by atoms with Gasteiger partial charge in [-0.3, -0.25) is 4.79 Å². The molecule has 0 saturated carbocycles. The molecule has 1 aliphatic heterocycles. The molecule has 0 aliphatic carbocycles. The van der Waals surface area contributed by atoms with Crippen LogP contribution < -0.4 is 5.32 Å². The van der Waals surface area contributed by atoms with Gasteiger partial charge in [0.05, 0.1) is 5.56 Å². The molecule has 0 spiro atoms. The van der Waals surface area contributed by atoms with Crippen LogP contribution in [0.15, 0.2) is 12.3 Å². The predicted octanol–water partition coefficient (Wildman–Crippen LogP) is 1.18. The summed E-state index contributed by atoms with van der Waals surface area (Å²) in [5, 5.41) is 3.33. The van der Waals surface area contributed by atoms with Crippen LogP contribution in [0, 0.1) is 6.92 Å². The lowest BCUT2D eigenvalue weighted by Gasteiger charge is -2.31. The Morgan fingerprint density at radius 3 is 2.88 bits per heavy atom. The largest absolute Gasteiger partial charge is 0.365 e. The number of halogens is 1. The number of aryl methyl sites for hydroxylation is 1. The fraction of sp³-hybridized carbons (Fsp3) is 0.545. The van der Waals surface area contributed by atoms with Crippen molar-refractivity contribution in [3.8, 4) is 0 Å². The van der Waals surface area contributed by atoms with E-state index in [2.05, 4.69) is 17.2 Å². The van der Waals surface area contributed by atoms with E-state index in [0.29, 0.717) is 6.04 Å². The smallest absolute Gasteiger partial charge is 0.255 e. The molecule has 4 nitrogen and oxygen atoms in total. The van der Waals surface area contributed by atoms with E-state index in [-0.39, 0.29) is 18.3 Å². The van der Waals surface area contributed by atoms with Crippen LogP contribution in [-0.2, 0) is 0 Å². The van der Waals surface area contributed by atoms with Gasteiger partial charge in [-0.25, -0.2) is 0 Å². The lowest BCUT2D eigenvalue weighted by Crippen LogP contribution is -2.51. The number of hydrogen-bond donors (Lipinski definition) is 2. The summed E-state index contributed by atoms with van der Waals surface area (Å²) in [6.07, 6.45) is 1.81. The molecule has 0 bridgehead atoms. The number of piperazine rings is 1. The van der Waals surface area contributed by atoms with Gasteiger partial charge in [-0.15, -0.1) is 12.4 Å². The van der Waals surface area contributed by atoms with E-state index < -0.39 is 0 Å². The zero-order chi connectivity index (χ0) is 10.8. The number of aromatic nitrogens is 1. The highest BCUT2D eigenvalue weighted by Crippen LogP contribution is 2.10. The van der Waals surface area contributed by atoms with E-state index in [1.54, 1.807) is 0 Å². The number of H-pyrrole nitrogens is 1. The van der Waals surface area contributed by atoms with Crippen molar-refractivity contribution in [2.75, 3.05) is 19.6 Å². The summed E-state index contributed by atoms with van der Waals surface area (Å²) in [6, 6.07) is 2.24. The van der Waals surface area contributed by atoms with Gasteiger partial charge in [-0.1, -0.05) is 0 Å². The lowest BCUT2D eigenvalue weighted by atomic mass is 10.2. The highest BCUT2D eigenvalue weighted by atomic mass is 35.5. The first-order chi connectivity index (χ1) is 7.18. The molecule has 0 unspecified atom stereocenters. The Kier molecular flexibility index (Phi) is 4.38. The van der Waals surface area contributed by atoms with Crippen molar-refractivity contribution in [1.82, 2.24) is 15.2 Å². The lowest BCUT2D eigenvalue weighted by molar-refractivity contribution is 0.0708. The van der Waals surface area contributed by atoms with Gasteiger partial charge in [-0.05, 0) is 19.9 Å². The van der Waals surface area contributed by atoms with Gasteiger partial charge in [0.1, 0.15) is 0 Å². The number of nitrogens with one attached hydrogen (secondary N) is 2. The fourth-order valence-electron chi connectivity index (χ4n) is 1.97. The maximum Gasteiger partial charge on any atom is 0.255 e. The first-order valence-corrected chi connectivity index (χ1v) is 5.35. The third kappa shape index (κ3) is 2.57. The van der Waals surface area contributed by atoms with Gasteiger partial charge < -0.3 is 15.2 Å². The van der Waals surface area contributed by atoms with Gasteiger partial charge in [-0.2, -0.15) is 0 Å². The van der Waals surface area contributed by atoms with Crippen LogP contribution in [-0.4, -0.2) is 41.5 Å². The monoisotopic (exact) mass is 243 g/mol. The van der Waals surface area contributed by atoms with E-state index in [0.717, 1.165) is 30.9 Å². The topological polar surface area (TPSA) is 48.1 Å². The Hall–Kier alpha value is -1.00. The molecule has 5 heteroatoms.